The third kappa shape index (κ3) is 2.93. The number of nitrogens with one attached hydrogen (secondary N) is 1. The van der Waals surface area contributed by atoms with Crippen LogP contribution in [0.1, 0.15) is 50.5 Å². The zero-order valence-electron chi connectivity index (χ0n) is 13.4. The van der Waals surface area contributed by atoms with Crippen LogP contribution in [0.4, 0.5) is 0 Å². The number of hydrogen-bond donors (Lipinski definition) is 1. The van der Waals surface area contributed by atoms with Crippen molar-refractivity contribution in [2.75, 3.05) is 6.54 Å². The lowest BCUT2D eigenvalue weighted by atomic mass is 9.49. The van der Waals surface area contributed by atoms with E-state index in [1.807, 2.05) is 18.2 Å². The lowest BCUT2D eigenvalue weighted by Gasteiger charge is -2.56. The van der Waals surface area contributed by atoms with Gasteiger partial charge in [-0.1, -0.05) is 30.3 Å². The molecule has 4 fully saturated rings. The molecule has 0 radical (unpaired) electrons. The molecule has 0 spiro atoms. The molecule has 4 aliphatic rings. The molecule has 22 heavy (non-hydrogen) atoms. The molecule has 2 heteroatoms. The molecule has 0 aliphatic heterocycles. The van der Waals surface area contributed by atoms with E-state index in [2.05, 4.69) is 17.4 Å². The second-order valence-electron chi connectivity index (χ2n) is 8.18. The Balaban J connectivity index is 1.28. The minimum absolute atomic E-state index is 0.236. The molecular weight excluding hydrogens is 270 g/mol. The van der Waals surface area contributed by atoms with Gasteiger partial charge in [-0.3, -0.25) is 4.79 Å². The van der Waals surface area contributed by atoms with Crippen molar-refractivity contribution in [3.05, 3.63) is 35.9 Å². The Morgan fingerprint density at radius 3 is 2.18 bits per heavy atom. The van der Waals surface area contributed by atoms with Crippen molar-refractivity contribution in [2.24, 2.45) is 23.2 Å². The Labute approximate surface area is 133 Å². The fourth-order valence-corrected chi connectivity index (χ4v) is 5.78. The first-order chi connectivity index (χ1) is 10.7. The average Bonchev–Trinajstić information content (AvgIpc) is 2.51. The molecule has 0 atom stereocenters. The van der Waals surface area contributed by atoms with Crippen LogP contribution in [0.5, 0.6) is 0 Å². The maximum Gasteiger partial charge on any atom is 0.220 e. The van der Waals surface area contributed by atoms with Crippen molar-refractivity contribution < 1.29 is 4.79 Å². The fraction of sp³-hybridized carbons (Fsp3) is 0.650. The molecule has 118 valence electrons. The van der Waals surface area contributed by atoms with Gasteiger partial charge in [-0.15, -0.1) is 0 Å². The molecule has 5 rings (SSSR count). The van der Waals surface area contributed by atoms with Crippen LogP contribution in [-0.2, 0) is 11.2 Å². The molecule has 0 unspecified atom stereocenters. The van der Waals surface area contributed by atoms with E-state index in [1.165, 1.54) is 44.1 Å². The first kappa shape index (κ1) is 14.3. The minimum Gasteiger partial charge on any atom is -0.356 e. The lowest BCUT2D eigenvalue weighted by molar-refractivity contribution is -0.123. The molecule has 1 aromatic rings. The van der Waals surface area contributed by atoms with Crippen molar-refractivity contribution in [2.45, 2.75) is 51.4 Å². The summed E-state index contributed by atoms with van der Waals surface area (Å²) in [4.78, 5) is 12.2. The second-order valence-corrected chi connectivity index (χ2v) is 8.18. The lowest BCUT2D eigenvalue weighted by Crippen LogP contribution is -2.51. The summed E-state index contributed by atoms with van der Waals surface area (Å²) in [7, 11) is 0. The van der Waals surface area contributed by atoms with Gasteiger partial charge in [-0.2, -0.15) is 0 Å². The molecule has 1 N–H and O–H groups in total. The summed E-state index contributed by atoms with van der Waals surface area (Å²) in [6.45, 7) is 0.935. The molecular formula is C20H27NO. The predicted molar refractivity (Wildman–Crippen MR) is 88.4 cm³/mol. The summed E-state index contributed by atoms with van der Waals surface area (Å²) in [5, 5.41) is 3.27. The van der Waals surface area contributed by atoms with Gasteiger partial charge in [-0.05, 0) is 73.7 Å². The van der Waals surface area contributed by atoms with Crippen LogP contribution in [0.25, 0.3) is 0 Å². The molecule has 1 aromatic carbocycles. The van der Waals surface area contributed by atoms with E-state index in [0.29, 0.717) is 11.8 Å². The Bertz CT molecular complexity index is 501. The molecule has 1 amide bonds. The highest BCUT2D eigenvalue weighted by atomic mass is 16.1. The van der Waals surface area contributed by atoms with Crippen LogP contribution >= 0.6 is 0 Å². The van der Waals surface area contributed by atoms with E-state index in [9.17, 15) is 4.79 Å². The van der Waals surface area contributed by atoms with E-state index in [4.69, 9.17) is 0 Å². The Kier molecular flexibility index (Phi) is 3.71. The van der Waals surface area contributed by atoms with Gasteiger partial charge < -0.3 is 5.32 Å². The molecule has 4 saturated carbocycles. The third-order valence-electron chi connectivity index (χ3n) is 6.31. The standard InChI is InChI=1S/C20H27NO/c22-19(7-6-15-4-2-1-3-5-15)21-14-20-11-16-8-17(12-20)10-18(9-16)13-20/h1-5,16-18H,6-14H2,(H,21,22). The Morgan fingerprint density at radius 2 is 1.59 bits per heavy atom. The molecule has 2 nitrogen and oxygen atoms in total. The summed E-state index contributed by atoms with van der Waals surface area (Å²) >= 11 is 0. The van der Waals surface area contributed by atoms with Crippen LogP contribution in [0, 0.1) is 23.2 Å². The van der Waals surface area contributed by atoms with Gasteiger partial charge in [0.05, 0.1) is 0 Å². The van der Waals surface area contributed by atoms with E-state index >= 15 is 0 Å². The Morgan fingerprint density at radius 1 is 1.00 bits per heavy atom. The second kappa shape index (κ2) is 5.72. The van der Waals surface area contributed by atoms with Gasteiger partial charge >= 0.3 is 0 Å². The average molecular weight is 297 g/mol. The zero-order valence-corrected chi connectivity index (χ0v) is 13.4. The number of carbonyl (C=O) groups is 1. The maximum absolute atomic E-state index is 12.2. The van der Waals surface area contributed by atoms with Gasteiger partial charge in [0.2, 0.25) is 5.91 Å². The highest BCUT2D eigenvalue weighted by Crippen LogP contribution is 2.59. The van der Waals surface area contributed by atoms with Gasteiger partial charge in [0.15, 0.2) is 0 Å². The summed E-state index contributed by atoms with van der Waals surface area (Å²) in [6, 6.07) is 10.3. The Hall–Kier alpha value is -1.31. The van der Waals surface area contributed by atoms with Gasteiger partial charge in [0, 0.05) is 13.0 Å². The number of amides is 1. The van der Waals surface area contributed by atoms with Crippen molar-refractivity contribution in [1.82, 2.24) is 5.32 Å². The van der Waals surface area contributed by atoms with Gasteiger partial charge in [-0.25, -0.2) is 0 Å². The van der Waals surface area contributed by atoms with Crippen molar-refractivity contribution in [1.29, 1.82) is 0 Å². The maximum atomic E-state index is 12.2. The molecule has 4 aliphatic carbocycles. The number of carbonyl (C=O) groups excluding carboxylic acids is 1. The van der Waals surface area contributed by atoms with Crippen LogP contribution in [0.15, 0.2) is 30.3 Å². The third-order valence-corrected chi connectivity index (χ3v) is 6.31. The number of hydrogen-bond acceptors (Lipinski definition) is 1. The highest BCUT2D eigenvalue weighted by molar-refractivity contribution is 5.76. The summed E-state index contributed by atoms with van der Waals surface area (Å²) < 4.78 is 0. The SMILES string of the molecule is O=C(CCc1ccccc1)NCC12CC3CC(CC(C3)C1)C2. The largest absolute Gasteiger partial charge is 0.356 e. The molecule has 0 heterocycles. The van der Waals surface area contributed by atoms with E-state index in [1.54, 1.807) is 0 Å². The van der Waals surface area contributed by atoms with Crippen LogP contribution in [-0.4, -0.2) is 12.5 Å². The van der Waals surface area contributed by atoms with Crippen molar-refractivity contribution >= 4 is 5.91 Å². The summed E-state index contributed by atoms with van der Waals surface area (Å²) in [6.07, 6.45) is 10.0. The summed E-state index contributed by atoms with van der Waals surface area (Å²) in [5.41, 5.74) is 1.71. The van der Waals surface area contributed by atoms with E-state index in [-0.39, 0.29) is 5.91 Å². The van der Waals surface area contributed by atoms with Crippen LogP contribution in [0.3, 0.4) is 0 Å². The number of rotatable bonds is 5. The summed E-state index contributed by atoms with van der Waals surface area (Å²) in [5.74, 6) is 3.13. The van der Waals surface area contributed by atoms with Crippen molar-refractivity contribution in [3.63, 3.8) is 0 Å². The van der Waals surface area contributed by atoms with Gasteiger partial charge in [0.1, 0.15) is 0 Å². The topological polar surface area (TPSA) is 29.1 Å². The minimum atomic E-state index is 0.236. The first-order valence-corrected chi connectivity index (χ1v) is 9.01. The van der Waals surface area contributed by atoms with E-state index in [0.717, 1.165) is 30.7 Å². The van der Waals surface area contributed by atoms with Crippen LogP contribution < -0.4 is 5.32 Å². The monoisotopic (exact) mass is 297 g/mol. The van der Waals surface area contributed by atoms with Gasteiger partial charge in [0.25, 0.3) is 0 Å². The number of benzene rings is 1. The first-order valence-electron chi connectivity index (χ1n) is 9.01. The fourth-order valence-electron chi connectivity index (χ4n) is 5.78. The molecule has 4 bridgehead atoms. The quantitative estimate of drug-likeness (QED) is 0.876. The van der Waals surface area contributed by atoms with Crippen molar-refractivity contribution in [3.8, 4) is 0 Å². The predicted octanol–water partition coefficient (Wildman–Crippen LogP) is 3.95. The molecule has 0 aromatic heterocycles. The normalized spacial score (nSPS) is 35.5. The number of aryl methyl sites for hydroxylation is 1. The zero-order chi connectivity index (χ0) is 15.0. The highest BCUT2D eigenvalue weighted by Gasteiger charge is 2.50. The smallest absolute Gasteiger partial charge is 0.220 e. The van der Waals surface area contributed by atoms with Crippen LogP contribution in [0.2, 0.25) is 0 Å². The van der Waals surface area contributed by atoms with E-state index < -0.39 is 0 Å². The molecule has 0 saturated heterocycles.